The number of nitriles is 1. The van der Waals surface area contributed by atoms with Crippen LogP contribution in [-0.4, -0.2) is 0 Å². The average Bonchev–Trinajstić information content (AvgIpc) is 3.07. The van der Waals surface area contributed by atoms with Gasteiger partial charge in [0.1, 0.15) is 17.7 Å². The highest BCUT2D eigenvalue weighted by atomic mass is 19.1. The van der Waals surface area contributed by atoms with Crippen molar-refractivity contribution in [1.29, 1.82) is 5.26 Å². The first-order valence-corrected chi connectivity index (χ1v) is 10.3. The highest BCUT2D eigenvalue weighted by molar-refractivity contribution is 5.81. The van der Waals surface area contributed by atoms with Gasteiger partial charge in [-0.25, -0.2) is 8.78 Å². The summed E-state index contributed by atoms with van der Waals surface area (Å²) >= 11 is 0. The van der Waals surface area contributed by atoms with Crippen LogP contribution in [0.5, 0.6) is 0 Å². The molecule has 0 heterocycles. The Balaban J connectivity index is 1.62. The highest BCUT2D eigenvalue weighted by Crippen LogP contribution is 2.40. The topological polar surface area (TPSA) is 23.8 Å². The third kappa shape index (κ3) is 3.80. The van der Waals surface area contributed by atoms with Gasteiger partial charge in [-0.2, -0.15) is 5.26 Å². The van der Waals surface area contributed by atoms with E-state index in [0.717, 1.165) is 29.5 Å². The van der Waals surface area contributed by atoms with Crippen molar-refractivity contribution in [1.82, 2.24) is 0 Å². The molecule has 29 heavy (non-hydrogen) atoms. The molecule has 146 valence electrons. The SMILES string of the molecule is CCCCCCc1ccc2c(c1)Cc1cc(-c3ccc(C#N)c(F)c3)c(F)cc1-2. The summed E-state index contributed by atoms with van der Waals surface area (Å²) in [6.45, 7) is 2.21. The van der Waals surface area contributed by atoms with Gasteiger partial charge in [0.2, 0.25) is 0 Å². The van der Waals surface area contributed by atoms with Crippen molar-refractivity contribution in [2.75, 3.05) is 0 Å². The van der Waals surface area contributed by atoms with Crippen LogP contribution >= 0.6 is 0 Å². The van der Waals surface area contributed by atoms with Crippen molar-refractivity contribution in [3.8, 4) is 28.3 Å². The Morgan fingerprint density at radius 3 is 2.41 bits per heavy atom. The number of hydrogen-bond acceptors (Lipinski definition) is 1. The molecule has 0 spiro atoms. The molecule has 0 saturated heterocycles. The van der Waals surface area contributed by atoms with E-state index < -0.39 is 5.82 Å². The first-order chi connectivity index (χ1) is 14.1. The fraction of sp³-hybridized carbons (Fsp3) is 0.269. The zero-order valence-electron chi connectivity index (χ0n) is 16.6. The van der Waals surface area contributed by atoms with Crippen LogP contribution < -0.4 is 0 Å². The van der Waals surface area contributed by atoms with Crippen molar-refractivity contribution in [3.05, 3.63) is 82.4 Å². The average molecular weight is 387 g/mol. The molecule has 4 rings (SSSR count). The predicted octanol–water partition coefficient (Wildman–Crippen LogP) is 7.20. The summed E-state index contributed by atoms with van der Waals surface area (Å²) in [4.78, 5) is 0. The summed E-state index contributed by atoms with van der Waals surface area (Å²) in [7, 11) is 0. The van der Waals surface area contributed by atoms with E-state index in [-0.39, 0.29) is 11.4 Å². The summed E-state index contributed by atoms with van der Waals surface area (Å²) < 4.78 is 28.9. The number of nitrogens with zero attached hydrogens (tertiary/aromatic N) is 1. The molecule has 1 nitrogen and oxygen atoms in total. The van der Waals surface area contributed by atoms with E-state index in [9.17, 15) is 8.78 Å². The molecule has 0 saturated carbocycles. The zero-order valence-corrected chi connectivity index (χ0v) is 16.6. The summed E-state index contributed by atoms with van der Waals surface area (Å²) in [6.07, 6.45) is 6.80. The van der Waals surface area contributed by atoms with E-state index in [2.05, 4.69) is 25.1 Å². The largest absolute Gasteiger partial charge is 0.206 e. The van der Waals surface area contributed by atoms with Gasteiger partial charge in [-0.3, -0.25) is 0 Å². The standard InChI is InChI=1S/C26H23F2N/c1-2-3-4-5-6-17-7-10-22-20(11-17)12-21-13-24(26(28)15-23(21)22)18-8-9-19(16-29)25(27)14-18/h7-11,13-15H,2-6,12H2,1H3. The smallest absolute Gasteiger partial charge is 0.141 e. The second kappa shape index (κ2) is 8.17. The number of halogens is 2. The molecule has 1 aliphatic carbocycles. The second-order valence-electron chi connectivity index (χ2n) is 7.77. The molecule has 1 aliphatic rings. The lowest BCUT2D eigenvalue weighted by molar-refractivity contribution is 0.622. The lowest BCUT2D eigenvalue weighted by atomic mass is 9.97. The zero-order chi connectivity index (χ0) is 20.4. The predicted molar refractivity (Wildman–Crippen MR) is 113 cm³/mol. The highest BCUT2D eigenvalue weighted by Gasteiger charge is 2.22. The van der Waals surface area contributed by atoms with Crippen LogP contribution in [0, 0.1) is 23.0 Å². The monoisotopic (exact) mass is 387 g/mol. The number of rotatable bonds is 6. The normalized spacial score (nSPS) is 11.8. The van der Waals surface area contributed by atoms with Crippen molar-refractivity contribution in [2.45, 2.75) is 45.4 Å². The van der Waals surface area contributed by atoms with Gasteiger partial charge >= 0.3 is 0 Å². The van der Waals surface area contributed by atoms with Gasteiger partial charge in [-0.05, 0) is 76.9 Å². The van der Waals surface area contributed by atoms with E-state index in [0.29, 0.717) is 11.1 Å². The lowest BCUT2D eigenvalue weighted by Gasteiger charge is -2.09. The third-order valence-electron chi connectivity index (χ3n) is 5.75. The van der Waals surface area contributed by atoms with Crippen LogP contribution in [0.25, 0.3) is 22.3 Å². The summed E-state index contributed by atoms with van der Waals surface area (Å²) in [6, 6.07) is 15.9. The maximum atomic E-state index is 14.9. The van der Waals surface area contributed by atoms with Gasteiger partial charge < -0.3 is 0 Å². The number of fused-ring (bicyclic) bond motifs is 3. The van der Waals surface area contributed by atoms with Gasteiger partial charge in [0.25, 0.3) is 0 Å². The molecule has 0 fully saturated rings. The van der Waals surface area contributed by atoms with E-state index >= 15 is 0 Å². The van der Waals surface area contributed by atoms with Crippen LogP contribution in [0.15, 0.2) is 48.5 Å². The van der Waals surface area contributed by atoms with Gasteiger partial charge in [0, 0.05) is 5.56 Å². The minimum atomic E-state index is -0.624. The van der Waals surface area contributed by atoms with Crippen molar-refractivity contribution >= 4 is 0 Å². The van der Waals surface area contributed by atoms with Gasteiger partial charge in [0.05, 0.1) is 5.56 Å². The number of hydrogen-bond donors (Lipinski definition) is 0. The molecular weight excluding hydrogens is 364 g/mol. The Labute approximate surface area is 170 Å². The maximum Gasteiger partial charge on any atom is 0.141 e. The van der Waals surface area contributed by atoms with Crippen LogP contribution in [0.4, 0.5) is 8.78 Å². The lowest BCUT2D eigenvalue weighted by Crippen LogP contribution is -1.91. The molecule has 0 atom stereocenters. The Morgan fingerprint density at radius 1 is 0.828 bits per heavy atom. The number of aryl methyl sites for hydroxylation is 1. The summed E-state index contributed by atoms with van der Waals surface area (Å²) in [5, 5.41) is 8.90. The van der Waals surface area contributed by atoms with E-state index in [1.54, 1.807) is 18.2 Å². The molecule has 0 aromatic heterocycles. The third-order valence-corrected chi connectivity index (χ3v) is 5.75. The fourth-order valence-corrected chi connectivity index (χ4v) is 4.18. The van der Waals surface area contributed by atoms with Crippen LogP contribution in [0.1, 0.15) is 54.9 Å². The van der Waals surface area contributed by atoms with E-state index in [1.165, 1.54) is 48.9 Å². The van der Waals surface area contributed by atoms with Crippen molar-refractivity contribution in [3.63, 3.8) is 0 Å². The van der Waals surface area contributed by atoms with Gasteiger partial charge in [-0.15, -0.1) is 0 Å². The molecule has 0 amide bonds. The molecule has 0 bridgehead atoms. The minimum absolute atomic E-state index is 0.0332. The maximum absolute atomic E-state index is 14.9. The molecule has 0 N–H and O–H groups in total. The number of benzene rings is 3. The van der Waals surface area contributed by atoms with Gasteiger partial charge in [0.15, 0.2) is 0 Å². The molecule has 0 aliphatic heterocycles. The summed E-state index contributed by atoms with van der Waals surface area (Å²) in [5.74, 6) is -0.995. The van der Waals surface area contributed by atoms with E-state index in [4.69, 9.17) is 5.26 Å². The van der Waals surface area contributed by atoms with Crippen molar-refractivity contribution < 1.29 is 8.78 Å². The first-order valence-electron chi connectivity index (χ1n) is 10.3. The van der Waals surface area contributed by atoms with Crippen LogP contribution in [-0.2, 0) is 12.8 Å². The second-order valence-corrected chi connectivity index (χ2v) is 7.77. The molecule has 0 radical (unpaired) electrons. The molecule has 3 aromatic carbocycles. The Hall–Kier alpha value is -2.99. The molecule has 0 unspecified atom stereocenters. The Kier molecular flexibility index (Phi) is 5.45. The van der Waals surface area contributed by atoms with E-state index in [1.807, 2.05) is 6.07 Å². The number of unbranched alkanes of at least 4 members (excludes halogenated alkanes) is 3. The van der Waals surface area contributed by atoms with Crippen molar-refractivity contribution in [2.24, 2.45) is 0 Å². The van der Waals surface area contributed by atoms with Crippen LogP contribution in [0.2, 0.25) is 0 Å². The summed E-state index contributed by atoms with van der Waals surface area (Å²) in [5.41, 5.74) is 6.44. The Morgan fingerprint density at radius 2 is 1.66 bits per heavy atom. The molecule has 3 heteroatoms. The molecular formula is C26H23F2N. The van der Waals surface area contributed by atoms with Crippen LogP contribution in [0.3, 0.4) is 0 Å². The fourth-order valence-electron chi connectivity index (χ4n) is 4.18. The quantitative estimate of drug-likeness (QED) is 0.321. The molecule has 3 aromatic rings. The minimum Gasteiger partial charge on any atom is -0.206 e. The van der Waals surface area contributed by atoms with Gasteiger partial charge in [-0.1, -0.05) is 50.5 Å². The first kappa shape index (κ1) is 19.3. The Bertz CT molecular complexity index is 1110.